The molecule has 100 valence electrons. The van der Waals surface area contributed by atoms with E-state index in [1.807, 2.05) is 20.8 Å². The summed E-state index contributed by atoms with van der Waals surface area (Å²) >= 11 is 0. The molecular formula is C12H25N3O2. The first-order valence-electron chi connectivity index (χ1n) is 6.29. The highest BCUT2D eigenvalue weighted by atomic mass is 16.2. The Morgan fingerprint density at radius 1 is 1.24 bits per heavy atom. The second-order valence-electron chi connectivity index (χ2n) is 4.21. The molecule has 0 bridgehead atoms. The van der Waals surface area contributed by atoms with Gasteiger partial charge in [-0.25, -0.2) is 0 Å². The van der Waals surface area contributed by atoms with Crippen molar-refractivity contribution in [1.29, 1.82) is 0 Å². The predicted octanol–water partition coefficient (Wildman–Crippen LogP) is 0.346. The van der Waals surface area contributed by atoms with Crippen molar-refractivity contribution in [2.24, 2.45) is 11.7 Å². The molecule has 2 amide bonds. The van der Waals surface area contributed by atoms with E-state index in [2.05, 4.69) is 5.32 Å². The summed E-state index contributed by atoms with van der Waals surface area (Å²) in [5.74, 6) is 0.236. The number of nitrogens with two attached hydrogens (primary N) is 1. The van der Waals surface area contributed by atoms with Crippen molar-refractivity contribution >= 4 is 11.8 Å². The van der Waals surface area contributed by atoms with Gasteiger partial charge >= 0.3 is 0 Å². The molecule has 0 aromatic carbocycles. The molecule has 0 radical (unpaired) electrons. The molecule has 17 heavy (non-hydrogen) atoms. The predicted molar refractivity (Wildman–Crippen MR) is 68.4 cm³/mol. The topological polar surface area (TPSA) is 75.4 Å². The van der Waals surface area contributed by atoms with Crippen molar-refractivity contribution in [2.45, 2.75) is 33.6 Å². The van der Waals surface area contributed by atoms with E-state index in [0.29, 0.717) is 26.2 Å². The molecular weight excluding hydrogens is 218 g/mol. The maximum absolute atomic E-state index is 11.6. The Hall–Kier alpha value is -1.10. The van der Waals surface area contributed by atoms with E-state index < -0.39 is 0 Å². The van der Waals surface area contributed by atoms with Crippen LogP contribution >= 0.6 is 0 Å². The fraction of sp³-hybridized carbons (Fsp3) is 0.833. The maximum Gasteiger partial charge on any atom is 0.223 e. The van der Waals surface area contributed by atoms with Crippen LogP contribution in [0.3, 0.4) is 0 Å². The molecule has 0 spiro atoms. The third-order valence-corrected chi connectivity index (χ3v) is 2.73. The smallest absolute Gasteiger partial charge is 0.223 e. The van der Waals surface area contributed by atoms with Gasteiger partial charge in [-0.05, 0) is 26.3 Å². The molecule has 0 heterocycles. The first kappa shape index (κ1) is 15.9. The van der Waals surface area contributed by atoms with E-state index in [0.717, 1.165) is 0 Å². The average Bonchev–Trinajstić information content (AvgIpc) is 2.34. The molecule has 5 heteroatoms. The average molecular weight is 243 g/mol. The van der Waals surface area contributed by atoms with Crippen LogP contribution in [0, 0.1) is 5.92 Å². The number of nitrogens with zero attached hydrogens (tertiary/aromatic N) is 1. The van der Waals surface area contributed by atoms with Gasteiger partial charge in [-0.3, -0.25) is 9.59 Å². The summed E-state index contributed by atoms with van der Waals surface area (Å²) in [6.45, 7) is 8.37. The zero-order chi connectivity index (χ0) is 13.3. The van der Waals surface area contributed by atoms with Gasteiger partial charge in [-0.2, -0.15) is 0 Å². The van der Waals surface area contributed by atoms with Crippen LogP contribution in [0.4, 0.5) is 0 Å². The summed E-state index contributed by atoms with van der Waals surface area (Å²) in [5, 5.41) is 2.77. The summed E-state index contributed by atoms with van der Waals surface area (Å²) in [6.07, 6.45) is 0.539. The summed E-state index contributed by atoms with van der Waals surface area (Å²) in [5.41, 5.74) is 5.44. The highest BCUT2D eigenvalue weighted by Gasteiger charge is 2.12. The molecule has 3 N–H and O–H groups in total. The zero-order valence-corrected chi connectivity index (χ0v) is 11.2. The van der Waals surface area contributed by atoms with Crippen molar-refractivity contribution in [1.82, 2.24) is 10.2 Å². The van der Waals surface area contributed by atoms with Crippen molar-refractivity contribution < 1.29 is 9.59 Å². The van der Waals surface area contributed by atoms with E-state index in [1.54, 1.807) is 4.90 Å². The van der Waals surface area contributed by atoms with Gasteiger partial charge in [0.05, 0.1) is 0 Å². The van der Waals surface area contributed by atoms with E-state index in [-0.39, 0.29) is 30.6 Å². The minimum atomic E-state index is -0.0780. The van der Waals surface area contributed by atoms with Crippen molar-refractivity contribution in [3.8, 4) is 0 Å². The van der Waals surface area contributed by atoms with E-state index in [1.165, 1.54) is 0 Å². The SMILES string of the molecule is CCN(CC)C(=O)CCC(=O)NCC(C)CN. The summed E-state index contributed by atoms with van der Waals surface area (Å²) in [6, 6.07) is 0. The van der Waals surface area contributed by atoms with Crippen LogP contribution < -0.4 is 11.1 Å². The molecule has 0 aliphatic carbocycles. The van der Waals surface area contributed by atoms with Crippen LogP contribution in [0.15, 0.2) is 0 Å². The van der Waals surface area contributed by atoms with E-state index in [4.69, 9.17) is 5.73 Å². The van der Waals surface area contributed by atoms with Crippen molar-refractivity contribution in [3.05, 3.63) is 0 Å². The lowest BCUT2D eigenvalue weighted by Gasteiger charge is -2.18. The van der Waals surface area contributed by atoms with Gasteiger partial charge in [0, 0.05) is 32.5 Å². The molecule has 1 unspecified atom stereocenters. The van der Waals surface area contributed by atoms with Crippen LogP contribution in [-0.4, -0.2) is 42.9 Å². The standard InChI is InChI=1S/C12H25N3O2/c1-4-15(5-2)12(17)7-6-11(16)14-9-10(3)8-13/h10H,4-9,13H2,1-3H3,(H,14,16). The summed E-state index contributed by atoms with van der Waals surface area (Å²) in [7, 11) is 0. The lowest BCUT2D eigenvalue weighted by atomic mass is 10.2. The number of carbonyl (C=O) groups excluding carboxylic acids is 2. The minimum Gasteiger partial charge on any atom is -0.356 e. The van der Waals surface area contributed by atoms with Crippen LogP contribution in [0.5, 0.6) is 0 Å². The molecule has 0 saturated carbocycles. The Bertz CT molecular complexity index is 240. The van der Waals surface area contributed by atoms with Gasteiger partial charge in [-0.15, -0.1) is 0 Å². The number of carbonyl (C=O) groups is 2. The summed E-state index contributed by atoms with van der Waals surface area (Å²) in [4.78, 5) is 24.8. The van der Waals surface area contributed by atoms with E-state index >= 15 is 0 Å². The molecule has 0 aliphatic heterocycles. The zero-order valence-electron chi connectivity index (χ0n) is 11.2. The minimum absolute atomic E-state index is 0.0389. The van der Waals surface area contributed by atoms with Gasteiger partial charge in [0.2, 0.25) is 11.8 Å². The second-order valence-corrected chi connectivity index (χ2v) is 4.21. The maximum atomic E-state index is 11.6. The Balaban J connectivity index is 3.80. The monoisotopic (exact) mass is 243 g/mol. The van der Waals surface area contributed by atoms with Crippen LogP contribution in [0.1, 0.15) is 33.6 Å². The number of hydrogen-bond acceptors (Lipinski definition) is 3. The summed E-state index contributed by atoms with van der Waals surface area (Å²) < 4.78 is 0. The molecule has 0 saturated heterocycles. The lowest BCUT2D eigenvalue weighted by Crippen LogP contribution is -2.34. The fourth-order valence-corrected chi connectivity index (χ4v) is 1.41. The molecule has 5 nitrogen and oxygen atoms in total. The molecule has 0 fully saturated rings. The van der Waals surface area contributed by atoms with Crippen molar-refractivity contribution in [3.63, 3.8) is 0 Å². The van der Waals surface area contributed by atoms with Crippen molar-refractivity contribution in [2.75, 3.05) is 26.2 Å². The molecule has 0 aliphatic rings. The fourth-order valence-electron chi connectivity index (χ4n) is 1.41. The van der Waals surface area contributed by atoms with Crippen LogP contribution in [0.2, 0.25) is 0 Å². The first-order chi connectivity index (χ1) is 8.04. The number of hydrogen-bond donors (Lipinski definition) is 2. The van der Waals surface area contributed by atoms with Crippen LogP contribution in [-0.2, 0) is 9.59 Å². The highest BCUT2D eigenvalue weighted by molar-refractivity contribution is 5.83. The molecule has 0 aromatic heterocycles. The number of nitrogens with one attached hydrogen (secondary N) is 1. The number of rotatable bonds is 8. The van der Waals surface area contributed by atoms with Crippen LogP contribution in [0.25, 0.3) is 0 Å². The Labute approximate surface area is 104 Å². The lowest BCUT2D eigenvalue weighted by molar-refractivity contribution is -0.133. The Morgan fingerprint density at radius 2 is 1.82 bits per heavy atom. The first-order valence-corrected chi connectivity index (χ1v) is 6.29. The quantitative estimate of drug-likeness (QED) is 0.646. The molecule has 0 rings (SSSR count). The number of amides is 2. The third-order valence-electron chi connectivity index (χ3n) is 2.73. The van der Waals surface area contributed by atoms with E-state index in [9.17, 15) is 9.59 Å². The Kier molecular flexibility index (Phi) is 8.40. The third kappa shape index (κ3) is 6.94. The van der Waals surface area contributed by atoms with Gasteiger partial charge in [0.1, 0.15) is 0 Å². The molecule has 0 aromatic rings. The van der Waals surface area contributed by atoms with Gasteiger partial charge < -0.3 is 16.0 Å². The Morgan fingerprint density at radius 3 is 2.29 bits per heavy atom. The molecule has 1 atom stereocenters. The van der Waals surface area contributed by atoms with Gasteiger partial charge in [-0.1, -0.05) is 6.92 Å². The second kappa shape index (κ2) is 8.98. The van der Waals surface area contributed by atoms with Gasteiger partial charge in [0.25, 0.3) is 0 Å². The highest BCUT2D eigenvalue weighted by Crippen LogP contribution is 1.98. The largest absolute Gasteiger partial charge is 0.356 e. The van der Waals surface area contributed by atoms with Gasteiger partial charge in [0.15, 0.2) is 0 Å². The normalized spacial score (nSPS) is 12.0.